The molecule has 1 amide bonds. The van der Waals surface area contributed by atoms with Crippen molar-refractivity contribution < 1.29 is 4.79 Å². The van der Waals surface area contributed by atoms with Gasteiger partial charge >= 0.3 is 0 Å². The van der Waals surface area contributed by atoms with Gasteiger partial charge in [-0.1, -0.05) is 45.0 Å². The summed E-state index contributed by atoms with van der Waals surface area (Å²) in [6.45, 7) is 7.29. The molecule has 1 aromatic rings. The van der Waals surface area contributed by atoms with Gasteiger partial charge < -0.3 is 10.6 Å². The van der Waals surface area contributed by atoms with E-state index in [1.165, 1.54) is 5.56 Å². The van der Waals surface area contributed by atoms with Crippen molar-refractivity contribution >= 4 is 5.91 Å². The van der Waals surface area contributed by atoms with Crippen LogP contribution in [-0.4, -0.2) is 18.5 Å². The smallest absolute Gasteiger partial charge is 0.241 e. The predicted octanol–water partition coefficient (Wildman–Crippen LogP) is 2.42. The summed E-state index contributed by atoms with van der Waals surface area (Å²) in [7, 11) is 0. The first kappa shape index (κ1) is 14.1. The van der Waals surface area contributed by atoms with Crippen molar-refractivity contribution in [2.45, 2.75) is 45.7 Å². The molecule has 2 N–H and O–H groups in total. The lowest BCUT2D eigenvalue weighted by Gasteiger charge is -2.29. The molecule has 1 aliphatic rings. The van der Waals surface area contributed by atoms with Crippen LogP contribution in [0.4, 0.5) is 0 Å². The van der Waals surface area contributed by atoms with Gasteiger partial charge in [-0.3, -0.25) is 4.79 Å². The van der Waals surface area contributed by atoms with Gasteiger partial charge in [0.2, 0.25) is 5.91 Å². The van der Waals surface area contributed by atoms with E-state index in [2.05, 4.69) is 43.5 Å². The van der Waals surface area contributed by atoms with Crippen LogP contribution in [0.1, 0.15) is 44.4 Å². The Labute approximate surface area is 115 Å². The predicted molar refractivity (Wildman–Crippen MR) is 77.9 cm³/mol. The van der Waals surface area contributed by atoms with Gasteiger partial charge in [0.15, 0.2) is 0 Å². The lowest BCUT2D eigenvalue weighted by molar-refractivity contribution is -0.124. The third kappa shape index (κ3) is 3.16. The fourth-order valence-corrected chi connectivity index (χ4v) is 2.74. The molecule has 2 atom stereocenters. The number of carbonyl (C=O) groups is 1. The highest BCUT2D eigenvalue weighted by atomic mass is 16.2. The minimum Gasteiger partial charge on any atom is -0.351 e. The zero-order chi connectivity index (χ0) is 13.8. The molecule has 3 nitrogen and oxygen atoms in total. The lowest BCUT2D eigenvalue weighted by atomic mass is 9.93. The van der Waals surface area contributed by atoms with Gasteiger partial charge in [0.25, 0.3) is 0 Å². The monoisotopic (exact) mass is 260 g/mol. The molecule has 2 rings (SSSR count). The second kappa shape index (κ2) is 6.20. The van der Waals surface area contributed by atoms with Crippen LogP contribution in [0, 0.1) is 5.92 Å². The molecule has 2 unspecified atom stereocenters. The highest BCUT2D eigenvalue weighted by molar-refractivity contribution is 5.84. The first-order valence-corrected chi connectivity index (χ1v) is 7.25. The molecule has 1 heterocycles. The van der Waals surface area contributed by atoms with Crippen molar-refractivity contribution in [1.29, 1.82) is 0 Å². The Kier molecular flexibility index (Phi) is 4.59. The summed E-state index contributed by atoms with van der Waals surface area (Å²) in [6.07, 6.45) is 1.97. The number of amides is 1. The number of hydrogen-bond donors (Lipinski definition) is 2. The molecule has 1 aromatic carbocycles. The number of carbonyl (C=O) groups excluding carboxylic acids is 1. The van der Waals surface area contributed by atoms with Gasteiger partial charge in [0, 0.05) is 12.6 Å². The third-order valence-electron chi connectivity index (χ3n) is 3.94. The number of hydrogen-bond acceptors (Lipinski definition) is 2. The maximum Gasteiger partial charge on any atom is 0.241 e. The first-order chi connectivity index (χ1) is 9.13. The van der Waals surface area contributed by atoms with Crippen LogP contribution in [-0.2, 0) is 11.2 Å². The number of fused-ring (bicyclic) bond motifs is 1. The van der Waals surface area contributed by atoms with Crippen molar-refractivity contribution in [3.05, 3.63) is 35.4 Å². The van der Waals surface area contributed by atoms with E-state index in [9.17, 15) is 4.79 Å². The number of benzene rings is 1. The molecule has 0 saturated carbocycles. The van der Waals surface area contributed by atoms with Gasteiger partial charge in [-0.05, 0) is 29.9 Å². The summed E-state index contributed by atoms with van der Waals surface area (Å²) < 4.78 is 0. The maximum atomic E-state index is 12.5. The van der Waals surface area contributed by atoms with Crippen LogP contribution in [0.15, 0.2) is 24.3 Å². The van der Waals surface area contributed by atoms with Crippen molar-refractivity contribution in [3.8, 4) is 0 Å². The van der Waals surface area contributed by atoms with E-state index in [0.29, 0.717) is 5.92 Å². The summed E-state index contributed by atoms with van der Waals surface area (Å²) in [5.41, 5.74) is 2.42. The van der Waals surface area contributed by atoms with Crippen LogP contribution in [0.3, 0.4) is 0 Å². The molecule has 0 bridgehead atoms. The fraction of sp³-hybridized carbons (Fsp3) is 0.562. The Balaban J connectivity index is 2.12. The van der Waals surface area contributed by atoms with Crippen LogP contribution in [0.2, 0.25) is 0 Å². The number of nitrogens with one attached hydrogen (secondary N) is 2. The number of rotatable bonds is 4. The van der Waals surface area contributed by atoms with E-state index in [0.717, 1.165) is 24.9 Å². The molecule has 0 radical (unpaired) electrons. The summed E-state index contributed by atoms with van der Waals surface area (Å²) in [5, 5.41) is 6.51. The molecule has 0 aliphatic carbocycles. The summed E-state index contributed by atoms with van der Waals surface area (Å²) >= 11 is 0. The SMILES string of the molecule is CCC(NC(=O)C1NCCc2ccccc21)C(C)C. The molecule has 104 valence electrons. The average molecular weight is 260 g/mol. The van der Waals surface area contributed by atoms with Gasteiger partial charge in [-0.25, -0.2) is 0 Å². The normalized spacial score (nSPS) is 19.9. The van der Waals surface area contributed by atoms with Crippen LogP contribution in [0.25, 0.3) is 0 Å². The van der Waals surface area contributed by atoms with Gasteiger partial charge in [0.05, 0.1) is 0 Å². The Morgan fingerprint density at radius 2 is 2.16 bits per heavy atom. The molecular weight excluding hydrogens is 236 g/mol. The summed E-state index contributed by atoms with van der Waals surface area (Å²) in [5.74, 6) is 0.570. The second-order valence-corrected chi connectivity index (χ2v) is 5.60. The third-order valence-corrected chi connectivity index (χ3v) is 3.94. The van der Waals surface area contributed by atoms with Crippen LogP contribution in [0.5, 0.6) is 0 Å². The Morgan fingerprint density at radius 1 is 1.42 bits per heavy atom. The Morgan fingerprint density at radius 3 is 2.84 bits per heavy atom. The van der Waals surface area contributed by atoms with Gasteiger partial charge in [-0.2, -0.15) is 0 Å². The van der Waals surface area contributed by atoms with Gasteiger partial charge in [-0.15, -0.1) is 0 Å². The Hall–Kier alpha value is -1.35. The van der Waals surface area contributed by atoms with Crippen molar-refractivity contribution in [2.24, 2.45) is 5.92 Å². The zero-order valence-electron chi connectivity index (χ0n) is 12.1. The lowest BCUT2D eigenvalue weighted by Crippen LogP contribution is -2.46. The zero-order valence-corrected chi connectivity index (χ0v) is 12.1. The molecular formula is C16H24N2O. The highest BCUT2D eigenvalue weighted by Crippen LogP contribution is 2.23. The largest absolute Gasteiger partial charge is 0.351 e. The van der Waals surface area contributed by atoms with Crippen molar-refractivity contribution in [1.82, 2.24) is 10.6 Å². The minimum atomic E-state index is -0.197. The van der Waals surface area contributed by atoms with Crippen molar-refractivity contribution in [2.75, 3.05) is 6.54 Å². The quantitative estimate of drug-likeness (QED) is 0.873. The Bertz CT molecular complexity index is 442. The second-order valence-electron chi connectivity index (χ2n) is 5.60. The minimum absolute atomic E-state index is 0.104. The van der Waals surface area contributed by atoms with E-state index in [-0.39, 0.29) is 18.0 Å². The molecule has 0 saturated heterocycles. The standard InChI is InChI=1S/C16H24N2O/c1-4-14(11(2)3)18-16(19)15-13-8-6-5-7-12(13)9-10-17-15/h5-8,11,14-15,17H,4,9-10H2,1-3H3,(H,18,19). The molecule has 3 heteroatoms. The van der Waals surface area contributed by atoms with E-state index >= 15 is 0 Å². The summed E-state index contributed by atoms with van der Waals surface area (Å²) in [6, 6.07) is 8.28. The van der Waals surface area contributed by atoms with E-state index in [1.54, 1.807) is 0 Å². The van der Waals surface area contributed by atoms with E-state index in [1.807, 2.05) is 12.1 Å². The van der Waals surface area contributed by atoms with E-state index < -0.39 is 0 Å². The molecule has 0 aromatic heterocycles. The molecule has 1 aliphatic heterocycles. The highest BCUT2D eigenvalue weighted by Gasteiger charge is 2.27. The average Bonchev–Trinajstić information content (AvgIpc) is 2.43. The topological polar surface area (TPSA) is 41.1 Å². The maximum absolute atomic E-state index is 12.5. The van der Waals surface area contributed by atoms with Crippen LogP contribution < -0.4 is 10.6 Å². The van der Waals surface area contributed by atoms with Crippen LogP contribution >= 0.6 is 0 Å². The fourth-order valence-electron chi connectivity index (χ4n) is 2.74. The van der Waals surface area contributed by atoms with Gasteiger partial charge in [0.1, 0.15) is 6.04 Å². The first-order valence-electron chi connectivity index (χ1n) is 7.25. The summed E-state index contributed by atoms with van der Waals surface area (Å²) in [4.78, 5) is 12.5. The molecule has 0 spiro atoms. The molecule has 0 fully saturated rings. The van der Waals surface area contributed by atoms with Crippen molar-refractivity contribution in [3.63, 3.8) is 0 Å². The van der Waals surface area contributed by atoms with E-state index in [4.69, 9.17) is 0 Å². The molecule has 19 heavy (non-hydrogen) atoms.